The molecule has 0 bridgehead atoms. The highest BCUT2D eigenvalue weighted by Crippen LogP contribution is 2.38. The van der Waals surface area contributed by atoms with Gasteiger partial charge in [-0.05, 0) is 104 Å². The number of amides is 2. The Morgan fingerprint density at radius 2 is 1.80 bits per heavy atom. The summed E-state index contributed by atoms with van der Waals surface area (Å²) in [5.41, 5.74) is 1.27. The molecule has 218 valence electrons. The lowest BCUT2D eigenvalue weighted by Gasteiger charge is -2.51. The normalized spacial score (nSPS) is 20.1. The second kappa shape index (κ2) is 14.0. The Hall–Kier alpha value is -1.64. The van der Waals surface area contributed by atoms with Crippen LogP contribution in [-0.2, 0) is 4.79 Å². The summed E-state index contributed by atoms with van der Waals surface area (Å²) in [6, 6.07) is 13.6. The van der Waals surface area contributed by atoms with Crippen molar-refractivity contribution in [3.05, 3.63) is 68.1 Å². The monoisotopic (exact) mass is 650 g/mol. The lowest BCUT2D eigenvalue weighted by Crippen LogP contribution is -2.66. The van der Waals surface area contributed by atoms with Gasteiger partial charge in [0, 0.05) is 44.1 Å². The number of rotatable bonds is 9. The van der Waals surface area contributed by atoms with Crippen LogP contribution in [0.1, 0.15) is 66.8 Å². The molecule has 2 aliphatic rings. The van der Waals surface area contributed by atoms with E-state index in [9.17, 15) is 9.59 Å². The van der Waals surface area contributed by atoms with Gasteiger partial charge in [-0.2, -0.15) is 0 Å². The van der Waals surface area contributed by atoms with Crippen LogP contribution in [0.4, 0.5) is 0 Å². The van der Waals surface area contributed by atoms with Gasteiger partial charge in [0.15, 0.2) is 0 Å². The van der Waals surface area contributed by atoms with E-state index >= 15 is 0 Å². The fourth-order valence-electron chi connectivity index (χ4n) is 6.52. The molecule has 0 radical (unpaired) electrons. The Balaban J connectivity index is 1.57. The molecule has 2 fully saturated rings. The predicted molar refractivity (Wildman–Crippen MR) is 167 cm³/mol. The summed E-state index contributed by atoms with van der Waals surface area (Å²) in [6.45, 7) is 3.21. The van der Waals surface area contributed by atoms with E-state index in [-0.39, 0.29) is 17.7 Å². The van der Waals surface area contributed by atoms with E-state index in [2.05, 4.69) is 26.1 Å². The van der Waals surface area contributed by atoms with E-state index in [1.165, 1.54) is 6.42 Å². The van der Waals surface area contributed by atoms with E-state index < -0.39 is 5.54 Å². The summed E-state index contributed by atoms with van der Waals surface area (Å²) < 4.78 is 0.786. The molecule has 9 heteroatoms. The first kappa shape index (κ1) is 31.3. The van der Waals surface area contributed by atoms with Gasteiger partial charge in [0.25, 0.3) is 5.91 Å². The highest BCUT2D eigenvalue weighted by Gasteiger charge is 2.48. The molecule has 0 spiro atoms. The molecular formula is C31H41BrCl2N4O2. The third kappa shape index (κ3) is 7.04. The minimum atomic E-state index is -0.453. The Labute approximate surface area is 257 Å². The molecule has 2 saturated heterocycles. The van der Waals surface area contributed by atoms with Crippen molar-refractivity contribution in [2.45, 2.75) is 62.4 Å². The first-order chi connectivity index (χ1) is 19.1. The zero-order valence-electron chi connectivity index (χ0n) is 23.8. The maximum Gasteiger partial charge on any atom is 0.254 e. The molecule has 0 aromatic heterocycles. The van der Waals surface area contributed by atoms with Crippen molar-refractivity contribution in [1.82, 2.24) is 20.0 Å². The molecule has 4 rings (SSSR count). The van der Waals surface area contributed by atoms with Gasteiger partial charge < -0.3 is 15.1 Å². The second-order valence-corrected chi connectivity index (χ2v) is 13.1. The molecule has 2 atom stereocenters. The molecule has 0 aliphatic carbocycles. The molecular weight excluding hydrogens is 611 g/mol. The number of nitrogens with zero attached hydrogens (tertiary/aromatic N) is 3. The van der Waals surface area contributed by atoms with Gasteiger partial charge in [-0.3, -0.25) is 14.5 Å². The Bertz CT molecular complexity index is 1190. The fourth-order valence-corrected chi connectivity index (χ4v) is 7.28. The fraction of sp³-hybridized carbons (Fsp3) is 0.548. The average Bonchev–Trinajstić information content (AvgIpc) is 2.96. The van der Waals surface area contributed by atoms with Crippen LogP contribution in [-0.4, -0.2) is 85.4 Å². The van der Waals surface area contributed by atoms with E-state index in [0.29, 0.717) is 28.2 Å². The van der Waals surface area contributed by atoms with Gasteiger partial charge in [0.2, 0.25) is 5.91 Å². The summed E-state index contributed by atoms with van der Waals surface area (Å²) >= 11 is 16.2. The largest absolute Gasteiger partial charge is 0.347 e. The number of carbonyl (C=O) groups excluding carboxylic acids is 2. The van der Waals surface area contributed by atoms with Gasteiger partial charge in [-0.1, -0.05) is 47.8 Å². The summed E-state index contributed by atoms with van der Waals surface area (Å²) in [6.07, 6.45) is 6.85. The Morgan fingerprint density at radius 3 is 2.48 bits per heavy atom. The van der Waals surface area contributed by atoms with Gasteiger partial charge in [-0.15, -0.1) is 0 Å². The lowest BCUT2D eigenvalue weighted by atomic mass is 9.80. The van der Waals surface area contributed by atoms with Crippen molar-refractivity contribution in [3.8, 4) is 0 Å². The second-order valence-electron chi connectivity index (χ2n) is 11.4. The quantitative estimate of drug-likeness (QED) is 0.338. The van der Waals surface area contributed by atoms with Crippen LogP contribution in [0.2, 0.25) is 10.0 Å². The molecule has 0 saturated carbocycles. The highest BCUT2D eigenvalue weighted by atomic mass is 79.9. The molecule has 2 aliphatic heterocycles. The van der Waals surface area contributed by atoms with Crippen molar-refractivity contribution in [2.75, 3.05) is 47.3 Å². The number of likely N-dealkylation sites (tertiary alicyclic amines) is 1. The number of benzene rings is 2. The highest BCUT2D eigenvalue weighted by molar-refractivity contribution is 9.10. The standard InChI is InChI=1S/C31H41BrCl2N4O2/c1-36(2)30(40)31(15-17-35-18-16-31)38-19-7-6-8-24(38)13-11-23(22-12-14-27(33)28(34)20-22)21-37(3)29(39)25-9-4-5-10-26(25)32/h4-5,9-10,12,14,20,23-24,35H,6-8,11,13,15-19,21H2,1-3H3. The van der Waals surface area contributed by atoms with E-state index in [4.69, 9.17) is 23.2 Å². The van der Waals surface area contributed by atoms with Gasteiger partial charge >= 0.3 is 0 Å². The minimum Gasteiger partial charge on any atom is -0.347 e. The number of carbonyl (C=O) groups is 2. The molecule has 1 N–H and O–H groups in total. The Morgan fingerprint density at radius 1 is 1.07 bits per heavy atom. The van der Waals surface area contributed by atoms with Crippen LogP contribution in [0.15, 0.2) is 46.9 Å². The minimum absolute atomic E-state index is 0.0259. The zero-order valence-corrected chi connectivity index (χ0v) is 26.9. The third-order valence-corrected chi connectivity index (χ3v) is 10.1. The zero-order chi connectivity index (χ0) is 28.9. The average molecular weight is 653 g/mol. The van der Waals surface area contributed by atoms with Crippen LogP contribution in [0, 0.1) is 0 Å². The van der Waals surface area contributed by atoms with E-state index in [1.54, 1.807) is 9.80 Å². The number of hydrogen-bond donors (Lipinski definition) is 1. The van der Waals surface area contributed by atoms with Gasteiger partial charge in [0.05, 0.1) is 15.6 Å². The smallest absolute Gasteiger partial charge is 0.254 e. The molecule has 2 aromatic carbocycles. The Kier molecular flexibility index (Phi) is 11.0. The maximum atomic E-state index is 13.7. The topological polar surface area (TPSA) is 55.9 Å². The van der Waals surface area contributed by atoms with Crippen molar-refractivity contribution in [3.63, 3.8) is 0 Å². The van der Waals surface area contributed by atoms with Crippen LogP contribution >= 0.6 is 39.1 Å². The summed E-state index contributed by atoms with van der Waals surface area (Å²) in [5, 5.41) is 4.50. The van der Waals surface area contributed by atoms with E-state index in [0.717, 1.165) is 68.2 Å². The molecule has 6 nitrogen and oxygen atoms in total. The molecule has 2 heterocycles. The summed E-state index contributed by atoms with van der Waals surface area (Å²) in [7, 11) is 5.62. The molecule has 40 heavy (non-hydrogen) atoms. The number of hydrogen-bond acceptors (Lipinski definition) is 4. The lowest BCUT2D eigenvalue weighted by molar-refractivity contribution is -0.148. The van der Waals surface area contributed by atoms with E-state index in [1.807, 2.05) is 63.6 Å². The van der Waals surface area contributed by atoms with Crippen molar-refractivity contribution in [2.24, 2.45) is 0 Å². The number of nitrogens with one attached hydrogen (secondary N) is 1. The van der Waals surface area contributed by atoms with Gasteiger partial charge in [-0.25, -0.2) is 0 Å². The third-order valence-electron chi connectivity index (χ3n) is 8.62. The van der Waals surface area contributed by atoms with Crippen LogP contribution in [0.3, 0.4) is 0 Å². The molecule has 2 aromatic rings. The predicted octanol–water partition coefficient (Wildman–Crippen LogP) is 6.46. The first-order valence-corrected chi connectivity index (χ1v) is 15.8. The van der Waals surface area contributed by atoms with Crippen molar-refractivity contribution >= 4 is 50.9 Å². The van der Waals surface area contributed by atoms with Crippen molar-refractivity contribution in [1.29, 1.82) is 0 Å². The number of piperidine rings is 2. The van der Waals surface area contributed by atoms with Crippen LogP contribution in [0.5, 0.6) is 0 Å². The number of halogens is 3. The first-order valence-electron chi connectivity index (χ1n) is 14.3. The van der Waals surface area contributed by atoms with Gasteiger partial charge in [0.1, 0.15) is 5.54 Å². The van der Waals surface area contributed by atoms with Crippen molar-refractivity contribution < 1.29 is 9.59 Å². The van der Waals surface area contributed by atoms with Crippen LogP contribution < -0.4 is 5.32 Å². The number of likely N-dealkylation sites (N-methyl/N-ethyl adjacent to an activating group) is 2. The summed E-state index contributed by atoms with van der Waals surface area (Å²) in [4.78, 5) is 33.2. The maximum absolute atomic E-state index is 13.7. The molecule has 2 amide bonds. The van der Waals surface area contributed by atoms with Crippen LogP contribution in [0.25, 0.3) is 0 Å². The SMILES string of the molecule is CN(C)C(=O)C1(N2CCCCC2CCC(CN(C)C(=O)c2ccccc2Br)c2ccc(Cl)c(Cl)c2)CCNCC1. The molecule has 2 unspecified atom stereocenters. The summed E-state index contributed by atoms with van der Waals surface area (Å²) in [5.74, 6) is 0.270.